The number of hydrogen-bond donors (Lipinski definition) is 3. The number of benzene rings is 4. The number of fused-ring (bicyclic) bond motifs is 3. The highest BCUT2D eigenvalue weighted by Crippen LogP contribution is 2.64. The molecule has 0 radical (unpaired) electrons. The number of para-hydroxylation sites is 1. The highest BCUT2D eigenvalue weighted by Gasteiger charge is 2.73. The van der Waals surface area contributed by atoms with Crippen LogP contribution < -0.4 is 15.8 Å². The zero-order valence-corrected chi connectivity index (χ0v) is 23.7. The molecule has 3 aliphatic rings. The summed E-state index contributed by atoms with van der Waals surface area (Å²) in [5.41, 5.74) is 8.16. The van der Waals surface area contributed by atoms with Crippen molar-refractivity contribution in [1.82, 2.24) is 4.90 Å². The first kappa shape index (κ1) is 27.8. The molecule has 3 heterocycles. The monoisotopic (exact) mass is 589 g/mol. The van der Waals surface area contributed by atoms with Gasteiger partial charge in [-0.3, -0.25) is 19.3 Å². The molecular formula is C35H31N3O6. The van der Waals surface area contributed by atoms with Gasteiger partial charge < -0.3 is 25.6 Å². The number of rotatable bonds is 7. The number of aliphatic hydroxyl groups excluding tert-OH is 1. The molecule has 2 saturated heterocycles. The lowest BCUT2D eigenvalue weighted by Gasteiger charge is -2.46. The maximum atomic E-state index is 14.5. The number of carbonyl (C=O) groups is 3. The van der Waals surface area contributed by atoms with Gasteiger partial charge in [0.05, 0.1) is 24.6 Å². The number of anilines is 1. The number of nitrogens with two attached hydrogens (primary N) is 1. The molecule has 6 atom stereocenters. The van der Waals surface area contributed by atoms with Crippen molar-refractivity contribution in [3.05, 3.63) is 131 Å². The number of aliphatic hydroxyl groups is 1. The van der Waals surface area contributed by atoms with Gasteiger partial charge in [0.2, 0.25) is 11.8 Å². The van der Waals surface area contributed by atoms with Gasteiger partial charge in [0, 0.05) is 5.69 Å². The van der Waals surface area contributed by atoms with Gasteiger partial charge in [0.25, 0.3) is 0 Å². The number of morpholine rings is 1. The van der Waals surface area contributed by atoms with Crippen molar-refractivity contribution in [3.8, 4) is 5.75 Å². The minimum atomic E-state index is -1.54. The van der Waals surface area contributed by atoms with Gasteiger partial charge in [0.1, 0.15) is 29.9 Å². The number of primary amides is 1. The van der Waals surface area contributed by atoms with Crippen LogP contribution in [0.1, 0.15) is 40.4 Å². The van der Waals surface area contributed by atoms with Crippen molar-refractivity contribution in [2.75, 3.05) is 18.5 Å². The van der Waals surface area contributed by atoms with Crippen LogP contribution in [-0.4, -0.2) is 47.0 Å². The van der Waals surface area contributed by atoms with Gasteiger partial charge in [0.15, 0.2) is 0 Å². The average molecular weight is 590 g/mol. The zero-order valence-electron chi connectivity index (χ0n) is 23.7. The summed E-state index contributed by atoms with van der Waals surface area (Å²) in [5.74, 6) is -2.49. The third kappa shape index (κ3) is 4.11. The molecule has 9 heteroatoms. The number of ether oxygens (including phenoxy) is 2. The van der Waals surface area contributed by atoms with E-state index in [0.717, 1.165) is 11.1 Å². The molecule has 0 aromatic heterocycles. The van der Waals surface area contributed by atoms with E-state index in [4.69, 9.17) is 15.2 Å². The predicted molar refractivity (Wildman–Crippen MR) is 161 cm³/mol. The number of nitrogens with zero attached hydrogens (tertiary/aromatic N) is 1. The van der Waals surface area contributed by atoms with Gasteiger partial charge in [-0.2, -0.15) is 0 Å². The first-order valence-electron chi connectivity index (χ1n) is 14.6. The Morgan fingerprint density at radius 3 is 2.14 bits per heavy atom. The normalized spacial score (nSPS) is 27.3. The molecule has 0 saturated carbocycles. The van der Waals surface area contributed by atoms with Crippen molar-refractivity contribution >= 4 is 23.5 Å². The SMILES string of the molecule is NC(=O)C1C2C(=O)OC(c3ccccc3)C(c3ccccc3)N2C(c2ccc(OCCO)cc2)C12C(=O)Nc1ccccc12. The van der Waals surface area contributed by atoms with Gasteiger partial charge in [-0.25, -0.2) is 0 Å². The topological polar surface area (TPSA) is 131 Å². The minimum Gasteiger partial charge on any atom is -0.491 e. The van der Waals surface area contributed by atoms with Crippen LogP contribution in [-0.2, 0) is 24.5 Å². The van der Waals surface area contributed by atoms with Crippen molar-refractivity contribution in [2.24, 2.45) is 11.7 Å². The van der Waals surface area contributed by atoms with Gasteiger partial charge in [-0.05, 0) is 40.5 Å². The Hall–Kier alpha value is -4.99. The second kappa shape index (κ2) is 10.9. The largest absolute Gasteiger partial charge is 0.491 e. The Kier molecular flexibility index (Phi) is 6.91. The highest BCUT2D eigenvalue weighted by atomic mass is 16.6. The standard InChI is InChI=1S/C35H31N3O6/c36-32(40)27-29-33(41)44-30(22-11-5-2-6-12-22)28(21-9-3-1-4-10-21)38(29)31(23-15-17-24(18-16-23)43-20-19-39)35(27)25-13-7-8-14-26(25)37-34(35)42/h1-18,27-31,39H,19-20H2,(H2,36,40)(H,37,42). The average Bonchev–Trinajstić information content (AvgIpc) is 3.53. The summed E-state index contributed by atoms with van der Waals surface area (Å²) in [6.45, 7) is -0.0109. The molecule has 4 N–H and O–H groups in total. The zero-order chi connectivity index (χ0) is 30.4. The maximum absolute atomic E-state index is 14.5. The molecule has 7 rings (SSSR count). The predicted octanol–water partition coefficient (Wildman–Crippen LogP) is 3.81. The summed E-state index contributed by atoms with van der Waals surface area (Å²) < 4.78 is 11.9. The summed E-state index contributed by atoms with van der Waals surface area (Å²) in [4.78, 5) is 44.3. The third-order valence-electron chi connectivity index (χ3n) is 9.08. The fourth-order valence-electron chi connectivity index (χ4n) is 7.49. The minimum absolute atomic E-state index is 0.126. The molecule has 0 aliphatic carbocycles. The molecule has 1 spiro atoms. The van der Waals surface area contributed by atoms with Crippen LogP contribution >= 0.6 is 0 Å². The number of nitrogens with one attached hydrogen (secondary N) is 1. The van der Waals surface area contributed by atoms with Crippen LogP contribution in [0, 0.1) is 5.92 Å². The fourth-order valence-corrected chi connectivity index (χ4v) is 7.49. The number of esters is 1. The van der Waals surface area contributed by atoms with Crippen molar-refractivity contribution in [3.63, 3.8) is 0 Å². The molecular weight excluding hydrogens is 558 g/mol. The van der Waals surface area contributed by atoms with Gasteiger partial charge >= 0.3 is 5.97 Å². The Morgan fingerprint density at radius 2 is 1.48 bits per heavy atom. The molecule has 9 nitrogen and oxygen atoms in total. The van der Waals surface area contributed by atoms with Crippen molar-refractivity contribution < 1.29 is 29.0 Å². The van der Waals surface area contributed by atoms with Crippen LogP contribution in [0.2, 0.25) is 0 Å². The van der Waals surface area contributed by atoms with Crippen LogP contribution in [0.15, 0.2) is 109 Å². The molecule has 2 amide bonds. The Morgan fingerprint density at radius 1 is 0.841 bits per heavy atom. The van der Waals surface area contributed by atoms with Crippen molar-refractivity contribution in [2.45, 2.75) is 29.6 Å². The molecule has 44 heavy (non-hydrogen) atoms. The first-order valence-corrected chi connectivity index (χ1v) is 14.6. The van der Waals surface area contributed by atoms with Crippen LogP contribution in [0.25, 0.3) is 0 Å². The van der Waals surface area contributed by atoms with E-state index >= 15 is 0 Å². The van der Waals surface area contributed by atoms with E-state index in [1.54, 1.807) is 18.2 Å². The van der Waals surface area contributed by atoms with E-state index in [2.05, 4.69) is 5.32 Å². The number of carbonyl (C=O) groups excluding carboxylic acids is 3. The van der Waals surface area contributed by atoms with E-state index in [9.17, 15) is 19.5 Å². The molecule has 222 valence electrons. The quantitative estimate of drug-likeness (QED) is 0.280. The lowest BCUT2D eigenvalue weighted by atomic mass is 9.65. The summed E-state index contributed by atoms with van der Waals surface area (Å²) in [6.07, 6.45) is -0.736. The summed E-state index contributed by atoms with van der Waals surface area (Å²) in [5, 5.41) is 12.2. The number of cyclic esters (lactones) is 1. The van der Waals surface area contributed by atoms with Gasteiger partial charge in [-0.15, -0.1) is 0 Å². The van der Waals surface area contributed by atoms with E-state index in [1.807, 2.05) is 95.9 Å². The summed E-state index contributed by atoms with van der Waals surface area (Å²) >= 11 is 0. The molecule has 6 unspecified atom stereocenters. The lowest BCUT2D eigenvalue weighted by molar-refractivity contribution is -0.178. The van der Waals surface area contributed by atoms with E-state index in [1.165, 1.54) is 0 Å². The molecule has 3 aliphatic heterocycles. The second-order valence-electron chi connectivity index (χ2n) is 11.3. The van der Waals surface area contributed by atoms with E-state index < -0.39 is 53.3 Å². The first-order chi connectivity index (χ1) is 21.5. The molecule has 4 aromatic carbocycles. The summed E-state index contributed by atoms with van der Waals surface area (Å²) in [6, 6.07) is 31.1. The third-order valence-corrected chi connectivity index (χ3v) is 9.08. The highest BCUT2D eigenvalue weighted by molar-refractivity contribution is 6.11. The van der Waals surface area contributed by atoms with E-state index in [0.29, 0.717) is 22.6 Å². The molecule has 4 aromatic rings. The van der Waals surface area contributed by atoms with Crippen LogP contribution in [0.5, 0.6) is 5.75 Å². The second-order valence-corrected chi connectivity index (χ2v) is 11.3. The van der Waals surface area contributed by atoms with Crippen LogP contribution in [0.3, 0.4) is 0 Å². The Bertz CT molecular complexity index is 1710. The molecule has 0 bridgehead atoms. The molecule has 2 fully saturated rings. The Balaban J connectivity index is 1.52. The van der Waals surface area contributed by atoms with Gasteiger partial charge in [-0.1, -0.05) is 91.0 Å². The smallest absolute Gasteiger partial charge is 0.324 e. The lowest BCUT2D eigenvalue weighted by Crippen LogP contribution is -2.53. The van der Waals surface area contributed by atoms with Crippen molar-refractivity contribution in [1.29, 1.82) is 0 Å². The van der Waals surface area contributed by atoms with E-state index in [-0.39, 0.29) is 13.2 Å². The van der Waals surface area contributed by atoms with Crippen LogP contribution in [0.4, 0.5) is 5.69 Å². The Labute approximate surface area is 254 Å². The fraction of sp³-hybridized carbons (Fsp3) is 0.229. The number of amides is 2. The maximum Gasteiger partial charge on any atom is 0.324 e. The summed E-state index contributed by atoms with van der Waals surface area (Å²) in [7, 11) is 0. The number of hydrogen-bond acceptors (Lipinski definition) is 7.